The van der Waals surface area contributed by atoms with Gasteiger partial charge in [-0.1, -0.05) is 12.8 Å². The van der Waals surface area contributed by atoms with Crippen molar-refractivity contribution in [3.05, 3.63) is 47.2 Å². The number of nitrogens with one attached hydrogen (secondary N) is 1. The van der Waals surface area contributed by atoms with E-state index in [-0.39, 0.29) is 5.82 Å². The normalized spacial score (nSPS) is 18.7. The molecule has 3 nitrogen and oxygen atoms in total. The monoisotopic (exact) mass is 311 g/mol. The Bertz CT molecular complexity index is 691. The highest BCUT2D eigenvalue weighted by Gasteiger charge is 2.24. The Hall–Kier alpha value is -1.81. The van der Waals surface area contributed by atoms with Crippen molar-refractivity contribution in [1.82, 2.24) is 15.3 Å². The van der Waals surface area contributed by atoms with Crippen LogP contribution in [0.25, 0.3) is 11.3 Å². The topological polar surface area (TPSA) is 37.8 Å². The molecule has 0 bridgehead atoms. The molecule has 2 aromatic rings. The van der Waals surface area contributed by atoms with Crippen LogP contribution < -0.4 is 5.32 Å². The molecule has 0 spiro atoms. The first-order valence-electron chi connectivity index (χ1n) is 8.67. The molecule has 23 heavy (non-hydrogen) atoms. The molecule has 1 N–H and O–H groups in total. The van der Waals surface area contributed by atoms with E-state index in [2.05, 4.69) is 5.32 Å². The van der Waals surface area contributed by atoms with E-state index in [9.17, 15) is 4.39 Å². The summed E-state index contributed by atoms with van der Waals surface area (Å²) in [6.45, 7) is 1.92. The van der Waals surface area contributed by atoms with Gasteiger partial charge in [0.25, 0.3) is 0 Å². The molecule has 0 radical (unpaired) electrons. The van der Waals surface area contributed by atoms with Crippen molar-refractivity contribution in [2.24, 2.45) is 0 Å². The average Bonchev–Trinajstić information content (AvgIpc) is 3.00. The summed E-state index contributed by atoms with van der Waals surface area (Å²) in [4.78, 5) is 9.88. The van der Waals surface area contributed by atoms with E-state index in [1.807, 2.05) is 12.1 Å². The molecule has 4 rings (SSSR count). The Morgan fingerprint density at radius 1 is 0.957 bits per heavy atom. The first kappa shape index (κ1) is 14.8. The quantitative estimate of drug-likeness (QED) is 0.920. The number of benzene rings is 1. The molecule has 0 saturated heterocycles. The highest BCUT2D eigenvalue weighted by Crippen LogP contribution is 2.35. The third kappa shape index (κ3) is 3.00. The van der Waals surface area contributed by atoms with E-state index >= 15 is 0 Å². The van der Waals surface area contributed by atoms with Crippen molar-refractivity contribution < 1.29 is 4.39 Å². The molecule has 0 atom stereocenters. The summed E-state index contributed by atoms with van der Waals surface area (Å²) in [5.74, 6) is 1.30. The van der Waals surface area contributed by atoms with Crippen LogP contribution in [-0.2, 0) is 12.8 Å². The number of hydrogen-bond donors (Lipinski definition) is 1. The van der Waals surface area contributed by atoms with Gasteiger partial charge < -0.3 is 5.32 Å². The predicted octanol–water partition coefficient (Wildman–Crippen LogP) is 3.63. The van der Waals surface area contributed by atoms with Crippen LogP contribution in [0.4, 0.5) is 4.39 Å². The van der Waals surface area contributed by atoms with E-state index in [1.165, 1.54) is 49.1 Å². The maximum absolute atomic E-state index is 13.3. The van der Waals surface area contributed by atoms with Crippen molar-refractivity contribution in [3.8, 4) is 11.3 Å². The second kappa shape index (κ2) is 6.36. The first-order valence-corrected chi connectivity index (χ1v) is 8.67. The molecule has 1 fully saturated rings. The molecule has 1 aliphatic carbocycles. The van der Waals surface area contributed by atoms with Crippen LogP contribution in [0.15, 0.2) is 24.3 Å². The zero-order chi connectivity index (χ0) is 15.6. The molecule has 1 aromatic heterocycles. The molecular weight excluding hydrogens is 289 g/mol. The van der Waals surface area contributed by atoms with Crippen LogP contribution in [0.1, 0.15) is 48.7 Å². The Labute approximate surface area is 136 Å². The van der Waals surface area contributed by atoms with Crippen molar-refractivity contribution in [2.45, 2.75) is 44.4 Å². The standard InChI is InChI=1S/C19H22FN3/c20-15-7-5-13(6-8-15)18-16-9-11-21-12-10-17(16)22-19(23-18)14-3-1-2-4-14/h5-8,14,21H,1-4,9-12H2. The van der Waals surface area contributed by atoms with Gasteiger partial charge in [0.1, 0.15) is 11.6 Å². The lowest BCUT2D eigenvalue weighted by molar-refractivity contribution is 0.628. The fraction of sp³-hybridized carbons (Fsp3) is 0.474. The molecular formula is C19H22FN3. The average molecular weight is 311 g/mol. The third-order valence-electron chi connectivity index (χ3n) is 5.04. The summed E-state index contributed by atoms with van der Waals surface area (Å²) < 4.78 is 13.3. The van der Waals surface area contributed by atoms with E-state index in [4.69, 9.17) is 9.97 Å². The first-order chi connectivity index (χ1) is 11.3. The summed E-state index contributed by atoms with van der Waals surface area (Å²) in [6, 6.07) is 6.73. The molecule has 1 saturated carbocycles. The van der Waals surface area contributed by atoms with Gasteiger partial charge in [0.2, 0.25) is 0 Å². The van der Waals surface area contributed by atoms with Gasteiger partial charge in [-0.05, 0) is 50.1 Å². The lowest BCUT2D eigenvalue weighted by Gasteiger charge is -2.16. The van der Waals surface area contributed by atoms with Crippen LogP contribution in [0.3, 0.4) is 0 Å². The van der Waals surface area contributed by atoms with Gasteiger partial charge in [-0.2, -0.15) is 0 Å². The maximum Gasteiger partial charge on any atom is 0.132 e. The summed E-state index contributed by atoms with van der Waals surface area (Å²) in [5.41, 5.74) is 4.45. The second-order valence-electron chi connectivity index (χ2n) is 6.59. The number of halogens is 1. The van der Waals surface area contributed by atoms with Crippen molar-refractivity contribution in [2.75, 3.05) is 13.1 Å². The highest BCUT2D eigenvalue weighted by atomic mass is 19.1. The maximum atomic E-state index is 13.3. The van der Waals surface area contributed by atoms with Crippen molar-refractivity contribution in [3.63, 3.8) is 0 Å². The van der Waals surface area contributed by atoms with E-state index in [0.29, 0.717) is 5.92 Å². The molecule has 2 heterocycles. The fourth-order valence-corrected chi connectivity index (χ4v) is 3.78. The molecule has 1 aromatic carbocycles. The van der Waals surface area contributed by atoms with Crippen LogP contribution in [0, 0.1) is 5.82 Å². The van der Waals surface area contributed by atoms with Crippen molar-refractivity contribution >= 4 is 0 Å². The number of fused-ring (bicyclic) bond motifs is 1. The number of hydrogen-bond acceptors (Lipinski definition) is 3. The minimum absolute atomic E-state index is 0.202. The molecule has 120 valence electrons. The van der Waals surface area contributed by atoms with E-state index in [0.717, 1.165) is 43.0 Å². The molecule has 2 aliphatic rings. The highest BCUT2D eigenvalue weighted by molar-refractivity contribution is 5.64. The Balaban J connectivity index is 1.83. The van der Waals surface area contributed by atoms with Gasteiger partial charge in [0.15, 0.2) is 0 Å². The van der Waals surface area contributed by atoms with E-state index in [1.54, 1.807) is 0 Å². The molecule has 0 amide bonds. The minimum atomic E-state index is -0.202. The van der Waals surface area contributed by atoms with Crippen LogP contribution in [-0.4, -0.2) is 23.1 Å². The SMILES string of the molecule is Fc1ccc(-c2nc(C3CCCC3)nc3c2CCNCC3)cc1. The zero-order valence-corrected chi connectivity index (χ0v) is 13.3. The fourth-order valence-electron chi connectivity index (χ4n) is 3.78. The largest absolute Gasteiger partial charge is 0.316 e. The smallest absolute Gasteiger partial charge is 0.132 e. The van der Waals surface area contributed by atoms with Crippen molar-refractivity contribution in [1.29, 1.82) is 0 Å². The summed E-state index contributed by atoms with van der Waals surface area (Å²) in [6.07, 6.45) is 6.83. The van der Waals surface area contributed by atoms with Gasteiger partial charge in [0, 0.05) is 35.7 Å². The lowest BCUT2D eigenvalue weighted by Crippen LogP contribution is -2.16. The summed E-state index contributed by atoms with van der Waals surface area (Å²) >= 11 is 0. The van der Waals surface area contributed by atoms with Crippen LogP contribution in [0.2, 0.25) is 0 Å². The van der Waals surface area contributed by atoms with E-state index < -0.39 is 0 Å². The number of nitrogens with zero attached hydrogens (tertiary/aromatic N) is 2. The Morgan fingerprint density at radius 3 is 2.48 bits per heavy atom. The Morgan fingerprint density at radius 2 is 1.70 bits per heavy atom. The van der Waals surface area contributed by atoms with Crippen LogP contribution >= 0.6 is 0 Å². The molecule has 4 heteroatoms. The van der Waals surface area contributed by atoms with Gasteiger partial charge in [-0.15, -0.1) is 0 Å². The predicted molar refractivity (Wildman–Crippen MR) is 88.9 cm³/mol. The minimum Gasteiger partial charge on any atom is -0.316 e. The Kier molecular flexibility index (Phi) is 4.08. The van der Waals surface area contributed by atoms with Gasteiger partial charge in [-0.25, -0.2) is 14.4 Å². The van der Waals surface area contributed by atoms with Crippen LogP contribution in [0.5, 0.6) is 0 Å². The number of rotatable bonds is 2. The zero-order valence-electron chi connectivity index (χ0n) is 13.3. The number of aromatic nitrogens is 2. The van der Waals surface area contributed by atoms with Gasteiger partial charge >= 0.3 is 0 Å². The van der Waals surface area contributed by atoms with Gasteiger partial charge in [-0.3, -0.25) is 0 Å². The molecule has 1 aliphatic heterocycles. The second-order valence-corrected chi connectivity index (χ2v) is 6.59. The van der Waals surface area contributed by atoms with Gasteiger partial charge in [0.05, 0.1) is 5.69 Å². The molecule has 0 unspecified atom stereocenters. The summed E-state index contributed by atoms with van der Waals surface area (Å²) in [7, 11) is 0. The summed E-state index contributed by atoms with van der Waals surface area (Å²) in [5, 5.41) is 3.44. The third-order valence-corrected chi connectivity index (χ3v) is 5.04. The lowest BCUT2D eigenvalue weighted by atomic mass is 9.99.